The van der Waals surface area contributed by atoms with Crippen molar-refractivity contribution in [2.45, 2.75) is 0 Å². The predicted octanol–water partition coefficient (Wildman–Crippen LogP) is 13.5. The Balaban J connectivity index is 0.988. The molecular weight excluding hydrogens is 774 g/mol. The van der Waals surface area contributed by atoms with Crippen LogP contribution in [0.2, 0.25) is 0 Å². The van der Waals surface area contributed by atoms with Crippen molar-refractivity contribution >= 4 is 105 Å². The lowest BCUT2D eigenvalue weighted by molar-refractivity contribution is 0.592. The van der Waals surface area contributed by atoms with Gasteiger partial charge in [0.1, 0.15) is 5.65 Å². The largest absolute Gasteiger partial charge is 0.309 e. The van der Waals surface area contributed by atoms with E-state index in [0.29, 0.717) is 0 Å². The van der Waals surface area contributed by atoms with E-state index in [1.54, 1.807) is 0 Å². The van der Waals surface area contributed by atoms with Gasteiger partial charge in [-0.3, -0.25) is 4.40 Å². The fraction of sp³-hybridized carbons (Fsp3) is 0. The van der Waals surface area contributed by atoms with Gasteiger partial charge in [0.05, 0.1) is 27.6 Å². The number of para-hydroxylation sites is 2. The molecule has 3 aromatic heterocycles. The summed E-state index contributed by atoms with van der Waals surface area (Å²) >= 11 is 0. The Morgan fingerprint density at radius 3 is 1.61 bits per heavy atom. The molecule has 13 rings (SSSR count). The summed E-state index contributed by atoms with van der Waals surface area (Å²) in [5, 5.41) is 13.0. The Labute approximate surface area is 356 Å². The zero-order valence-electron chi connectivity index (χ0n) is 33.5. The van der Waals surface area contributed by atoms with Gasteiger partial charge in [-0.1, -0.05) is 152 Å². The highest BCUT2D eigenvalue weighted by Gasteiger charge is 2.29. The van der Waals surface area contributed by atoms with Crippen LogP contribution in [0.5, 0.6) is 0 Å². The van der Waals surface area contributed by atoms with E-state index in [-0.39, 0.29) is 0 Å². The first-order valence-electron chi connectivity index (χ1n) is 21.1. The van der Waals surface area contributed by atoms with Crippen LogP contribution >= 0.6 is 7.14 Å². The fourth-order valence-electron chi connectivity index (χ4n) is 9.94. The number of fused-ring (bicyclic) bond motifs is 13. The monoisotopic (exact) mass is 809 g/mol. The van der Waals surface area contributed by atoms with Crippen molar-refractivity contribution in [1.82, 2.24) is 14.0 Å². The van der Waals surface area contributed by atoms with Gasteiger partial charge in [0.2, 0.25) is 0 Å². The number of aromatic nitrogens is 3. The van der Waals surface area contributed by atoms with E-state index in [9.17, 15) is 0 Å². The van der Waals surface area contributed by atoms with Crippen molar-refractivity contribution in [3.8, 4) is 16.8 Å². The van der Waals surface area contributed by atoms with E-state index in [4.69, 9.17) is 4.98 Å². The first-order chi connectivity index (χ1) is 30.6. The molecule has 290 valence electrons. The predicted molar refractivity (Wildman–Crippen MR) is 262 cm³/mol. The van der Waals surface area contributed by atoms with Crippen LogP contribution in [0.25, 0.3) is 98.5 Å². The summed E-state index contributed by atoms with van der Waals surface area (Å²) in [4.78, 5) is 5.44. The van der Waals surface area contributed by atoms with Crippen molar-refractivity contribution in [2.75, 3.05) is 0 Å². The first-order valence-corrected chi connectivity index (χ1v) is 22.8. The van der Waals surface area contributed by atoms with Crippen LogP contribution in [-0.2, 0) is 4.57 Å². The third-order valence-corrected chi connectivity index (χ3v) is 15.9. The molecule has 62 heavy (non-hydrogen) atoms. The van der Waals surface area contributed by atoms with E-state index >= 15 is 4.57 Å². The Morgan fingerprint density at radius 2 is 0.903 bits per heavy atom. The van der Waals surface area contributed by atoms with Crippen LogP contribution in [0.1, 0.15) is 0 Å². The first kappa shape index (κ1) is 35.0. The minimum absolute atomic E-state index is 0.832. The molecule has 10 aromatic carbocycles. The van der Waals surface area contributed by atoms with Gasteiger partial charge >= 0.3 is 0 Å². The summed E-state index contributed by atoms with van der Waals surface area (Å²) in [5.41, 5.74) is 9.80. The molecular formula is C57H36N3OP. The van der Waals surface area contributed by atoms with Crippen LogP contribution in [-0.4, -0.2) is 14.0 Å². The normalized spacial score (nSPS) is 12.3. The molecule has 0 saturated heterocycles. The zero-order valence-corrected chi connectivity index (χ0v) is 34.4. The Bertz CT molecular complexity index is 3920. The molecule has 0 fully saturated rings. The van der Waals surface area contributed by atoms with Gasteiger partial charge in [0.15, 0.2) is 7.14 Å². The Hall–Kier alpha value is -7.78. The number of imidazole rings is 1. The molecule has 0 aliphatic rings. The number of benzene rings is 10. The quantitative estimate of drug-likeness (QED) is 0.0987. The summed E-state index contributed by atoms with van der Waals surface area (Å²) in [5.74, 6) is 0. The maximum absolute atomic E-state index is 15.2. The molecule has 0 atom stereocenters. The van der Waals surface area contributed by atoms with E-state index < -0.39 is 7.14 Å². The van der Waals surface area contributed by atoms with Gasteiger partial charge in [0.25, 0.3) is 0 Å². The van der Waals surface area contributed by atoms with Crippen molar-refractivity contribution in [2.24, 2.45) is 0 Å². The smallest absolute Gasteiger partial charge is 0.171 e. The molecule has 13 aromatic rings. The average molecular weight is 810 g/mol. The van der Waals surface area contributed by atoms with Crippen molar-refractivity contribution in [3.05, 3.63) is 218 Å². The van der Waals surface area contributed by atoms with Crippen LogP contribution < -0.4 is 15.9 Å². The maximum atomic E-state index is 15.2. The number of pyridine rings is 1. The summed E-state index contributed by atoms with van der Waals surface area (Å²) < 4.78 is 19.9. The molecule has 0 spiro atoms. The Morgan fingerprint density at radius 1 is 0.355 bits per heavy atom. The number of nitrogens with zero attached hydrogens (tertiary/aromatic N) is 3. The number of rotatable bonds is 5. The van der Waals surface area contributed by atoms with Gasteiger partial charge < -0.3 is 9.13 Å². The molecule has 0 amide bonds. The lowest BCUT2D eigenvalue weighted by Crippen LogP contribution is -2.24. The molecule has 0 bridgehead atoms. The van der Waals surface area contributed by atoms with Gasteiger partial charge in [0, 0.05) is 43.1 Å². The minimum Gasteiger partial charge on any atom is -0.309 e. The molecule has 0 N–H and O–H groups in total. The highest BCUT2D eigenvalue weighted by molar-refractivity contribution is 7.85. The molecule has 0 aliphatic heterocycles. The van der Waals surface area contributed by atoms with Crippen LogP contribution in [0.3, 0.4) is 0 Å². The molecule has 4 nitrogen and oxygen atoms in total. The molecule has 0 aliphatic carbocycles. The topological polar surface area (TPSA) is 39.3 Å². The van der Waals surface area contributed by atoms with E-state index in [1.165, 1.54) is 43.4 Å². The van der Waals surface area contributed by atoms with Gasteiger partial charge in [-0.2, -0.15) is 0 Å². The van der Waals surface area contributed by atoms with Gasteiger partial charge in [-0.05, 0) is 105 Å². The van der Waals surface area contributed by atoms with Crippen LogP contribution in [0.15, 0.2) is 218 Å². The second-order valence-corrected chi connectivity index (χ2v) is 19.1. The zero-order chi connectivity index (χ0) is 40.9. The van der Waals surface area contributed by atoms with Gasteiger partial charge in [-0.25, -0.2) is 4.98 Å². The van der Waals surface area contributed by atoms with E-state index in [2.05, 4.69) is 167 Å². The standard InChI is InChI=1S/C57H36N3OP/c61-62(44-15-3-1-4-16-44,45-17-5-2-6-18-45)46-28-25-40-31-39(23-24-41(40)32-46)42-26-29-55-50(34-42)49-33-37-13-7-8-14-38(37)35-51(49)57-58-52-36-43(27-30-56(52)60(55)57)59-53-21-11-9-19-47(53)48-20-10-12-22-54(48)59/h1-36H. The molecule has 0 unspecified atom stereocenters. The lowest BCUT2D eigenvalue weighted by atomic mass is 9.96. The van der Waals surface area contributed by atoms with Crippen LogP contribution in [0.4, 0.5) is 0 Å². The van der Waals surface area contributed by atoms with Crippen molar-refractivity contribution in [3.63, 3.8) is 0 Å². The summed E-state index contributed by atoms with van der Waals surface area (Å²) in [7, 11) is -3.10. The Kier molecular flexibility index (Phi) is 7.55. The molecule has 3 heterocycles. The van der Waals surface area contributed by atoms with Crippen molar-refractivity contribution in [1.29, 1.82) is 0 Å². The minimum atomic E-state index is -3.10. The molecule has 0 saturated carbocycles. The third kappa shape index (κ3) is 5.14. The highest BCUT2D eigenvalue weighted by Crippen LogP contribution is 2.44. The third-order valence-electron chi connectivity index (χ3n) is 12.9. The van der Waals surface area contributed by atoms with E-state index in [0.717, 1.165) is 71.1 Å². The molecule has 5 heteroatoms. The number of hydrogen-bond donors (Lipinski definition) is 0. The second-order valence-electron chi connectivity index (χ2n) is 16.3. The fourth-order valence-corrected chi connectivity index (χ4v) is 12.6. The van der Waals surface area contributed by atoms with E-state index in [1.807, 2.05) is 60.7 Å². The number of hydrogen-bond acceptors (Lipinski definition) is 2. The maximum Gasteiger partial charge on any atom is 0.171 e. The summed E-state index contributed by atoms with van der Waals surface area (Å²) in [6.07, 6.45) is 0. The molecule has 0 radical (unpaired) electrons. The highest BCUT2D eigenvalue weighted by atomic mass is 31.2. The average Bonchev–Trinajstić information content (AvgIpc) is 3.89. The second kappa shape index (κ2) is 13.4. The summed E-state index contributed by atoms with van der Waals surface area (Å²) in [6.45, 7) is 0. The van der Waals surface area contributed by atoms with Crippen LogP contribution in [0, 0.1) is 0 Å². The SMILES string of the molecule is O=P(c1ccccc1)(c1ccccc1)c1ccc2cc(-c3ccc4c(c3)c3cc5ccccc5cc3c3nc5cc(-n6c7ccccc7c7ccccc76)ccc5n43)ccc2c1. The van der Waals surface area contributed by atoms with Crippen molar-refractivity contribution < 1.29 is 4.57 Å². The summed E-state index contributed by atoms with van der Waals surface area (Å²) in [6, 6.07) is 76.8. The lowest BCUT2D eigenvalue weighted by Gasteiger charge is -2.20. The van der Waals surface area contributed by atoms with Gasteiger partial charge in [-0.15, -0.1) is 0 Å².